The Balaban J connectivity index is 3.34. The lowest BCUT2D eigenvalue weighted by Crippen LogP contribution is -2.21. The molecule has 0 bridgehead atoms. The minimum Gasteiger partial charge on any atom is -0.324 e. The van der Waals surface area contributed by atoms with E-state index in [9.17, 15) is 17.6 Å². The molecule has 1 rings (SSSR count). The average molecular weight is 284 g/mol. The summed E-state index contributed by atoms with van der Waals surface area (Å²) in [6.45, 7) is 3.60. The van der Waals surface area contributed by atoms with Gasteiger partial charge in [0.2, 0.25) is 0 Å². The van der Waals surface area contributed by atoms with Crippen LogP contribution in [0.4, 0.5) is 17.6 Å². The van der Waals surface area contributed by atoms with Gasteiger partial charge < -0.3 is 5.73 Å². The first-order valence-corrected chi connectivity index (χ1v) is 5.83. The second kappa shape index (κ2) is 5.45. The van der Waals surface area contributed by atoms with E-state index < -0.39 is 29.2 Å². The topological polar surface area (TPSA) is 26.0 Å². The molecule has 0 aliphatic carbocycles. The molecule has 1 nitrogen and oxygen atoms in total. The van der Waals surface area contributed by atoms with Crippen LogP contribution in [0.2, 0.25) is 5.02 Å². The highest BCUT2D eigenvalue weighted by atomic mass is 35.5. The SMILES string of the molecule is CC(C)C[C@H](N)c1c(C(F)(F)F)ccc(Cl)c1F. The Hall–Kier alpha value is -0.810. The molecule has 1 aromatic rings. The summed E-state index contributed by atoms with van der Waals surface area (Å²) in [5.41, 5.74) is 4.05. The van der Waals surface area contributed by atoms with Crippen LogP contribution >= 0.6 is 11.6 Å². The Labute approximate surface area is 108 Å². The van der Waals surface area contributed by atoms with Crippen molar-refractivity contribution in [3.8, 4) is 0 Å². The summed E-state index contributed by atoms with van der Waals surface area (Å²) in [6, 6.07) is 0.631. The third-order valence-corrected chi connectivity index (χ3v) is 2.83. The fourth-order valence-electron chi connectivity index (χ4n) is 1.80. The van der Waals surface area contributed by atoms with Gasteiger partial charge >= 0.3 is 6.18 Å². The molecule has 18 heavy (non-hydrogen) atoms. The van der Waals surface area contributed by atoms with E-state index >= 15 is 0 Å². The number of hydrogen-bond donors (Lipinski definition) is 1. The van der Waals surface area contributed by atoms with Crippen molar-refractivity contribution in [1.82, 2.24) is 0 Å². The lowest BCUT2D eigenvalue weighted by Gasteiger charge is -2.21. The third-order valence-electron chi connectivity index (χ3n) is 2.53. The first-order valence-electron chi connectivity index (χ1n) is 5.45. The van der Waals surface area contributed by atoms with Gasteiger partial charge in [0.25, 0.3) is 0 Å². The zero-order chi connectivity index (χ0) is 14.1. The van der Waals surface area contributed by atoms with Crippen LogP contribution in [0.3, 0.4) is 0 Å². The summed E-state index contributed by atoms with van der Waals surface area (Å²) in [4.78, 5) is 0. The summed E-state index contributed by atoms with van der Waals surface area (Å²) in [7, 11) is 0. The molecule has 0 heterocycles. The molecule has 0 saturated heterocycles. The lowest BCUT2D eigenvalue weighted by atomic mass is 9.93. The second-order valence-electron chi connectivity index (χ2n) is 4.56. The fourth-order valence-corrected chi connectivity index (χ4v) is 1.97. The van der Waals surface area contributed by atoms with E-state index in [4.69, 9.17) is 17.3 Å². The van der Waals surface area contributed by atoms with Gasteiger partial charge in [0.05, 0.1) is 10.6 Å². The largest absolute Gasteiger partial charge is 0.416 e. The number of benzene rings is 1. The molecular formula is C12H14ClF4N. The average Bonchev–Trinajstić information content (AvgIpc) is 2.18. The van der Waals surface area contributed by atoms with Crippen LogP contribution in [0.1, 0.15) is 37.4 Å². The van der Waals surface area contributed by atoms with Gasteiger partial charge in [-0.15, -0.1) is 0 Å². The first-order chi connectivity index (χ1) is 8.14. The molecule has 0 saturated carbocycles. The highest BCUT2D eigenvalue weighted by Gasteiger charge is 2.36. The maximum absolute atomic E-state index is 13.8. The van der Waals surface area contributed by atoms with Gasteiger partial charge in [0, 0.05) is 11.6 Å². The van der Waals surface area contributed by atoms with Crippen LogP contribution in [0.15, 0.2) is 12.1 Å². The normalized spacial score (nSPS) is 14.1. The highest BCUT2D eigenvalue weighted by Crippen LogP contribution is 2.38. The zero-order valence-corrected chi connectivity index (χ0v) is 10.7. The van der Waals surface area contributed by atoms with Crippen LogP contribution < -0.4 is 5.73 Å². The molecule has 102 valence electrons. The van der Waals surface area contributed by atoms with E-state index in [0.717, 1.165) is 12.1 Å². The van der Waals surface area contributed by atoms with E-state index in [-0.39, 0.29) is 17.4 Å². The molecule has 0 aromatic heterocycles. The minimum absolute atomic E-state index is 0.0551. The molecule has 0 aliphatic heterocycles. The van der Waals surface area contributed by atoms with Crippen LogP contribution in [0.5, 0.6) is 0 Å². The van der Waals surface area contributed by atoms with Gasteiger partial charge in [0.15, 0.2) is 0 Å². The molecule has 2 N–H and O–H groups in total. The molecule has 1 atom stereocenters. The predicted octanol–water partition coefficient (Wildman–Crippen LogP) is 4.54. The summed E-state index contributed by atoms with van der Waals surface area (Å²) in [5.74, 6) is -1.03. The summed E-state index contributed by atoms with van der Waals surface area (Å²) in [6.07, 6.45) is -4.39. The van der Waals surface area contributed by atoms with Crippen LogP contribution in [-0.2, 0) is 6.18 Å². The molecule has 1 aromatic carbocycles. The quantitative estimate of drug-likeness (QED) is 0.810. The molecule has 0 unspecified atom stereocenters. The first kappa shape index (κ1) is 15.2. The fraction of sp³-hybridized carbons (Fsp3) is 0.500. The van der Waals surface area contributed by atoms with Gasteiger partial charge in [-0.05, 0) is 24.5 Å². The van der Waals surface area contributed by atoms with E-state index in [1.807, 2.05) is 0 Å². The van der Waals surface area contributed by atoms with Gasteiger partial charge in [-0.3, -0.25) is 0 Å². The van der Waals surface area contributed by atoms with Crippen molar-refractivity contribution in [3.63, 3.8) is 0 Å². The minimum atomic E-state index is -4.64. The molecule has 6 heteroatoms. The van der Waals surface area contributed by atoms with E-state index in [1.165, 1.54) is 0 Å². The van der Waals surface area contributed by atoms with Crippen molar-refractivity contribution in [2.24, 2.45) is 11.7 Å². The van der Waals surface area contributed by atoms with Gasteiger partial charge in [-0.1, -0.05) is 25.4 Å². The smallest absolute Gasteiger partial charge is 0.324 e. The number of rotatable bonds is 3. The van der Waals surface area contributed by atoms with Crippen LogP contribution in [-0.4, -0.2) is 0 Å². The van der Waals surface area contributed by atoms with Crippen molar-refractivity contribution in [2.45, 2.75) is 32.5 Å². The zero-order valence-electron chi connectivity index (χ0n) is 9.98. The van der Waals surface area contributed by atoms with Crippen LogP contribution in [0.25, 0.3) is 0 Å². The molecule has 0 radical (unpaired) electrons. The molecule has 0 spiro atoms. The summed E-state index contributed by atoms with van der Waals surface area (Å²) in [5, 5.41) is -0.350. The van der Waals surface area contributed by atoms with Gasteiger partial charge in [0.1, 0.15) is 5.82 Å². The van der Waals surface area contributed by atoms with Gasteiger partial charge in [-0.25, -0.2) is 4.39 Å². The molecule has 0 fully saturated rings. The second-order valence-corrected chi connectivity index (χ2v) is 4.96. The maximum Gasteiger partial charge on any atom is 0.416 e. The molecule has 0 aliphatic rings. The Bertz CT molecular complexity index is 429. The number of hydrogen-bond acceptors (Lipinski definition) is 1. The third kappa shape index (κ3) is 3.36. The Morgan fingerprint density at radius 3 is 2.28 bits per heavy atom. The highest BCUT2D eigenvalue weighted by molar-refractivity contribution is 6.30. The number of halogens is 5. The summed E-state index contributed by atoms with van der Waals surface area (Å²) >= 11 is 5.52. The van der Waals surface area contributed by atoms with E-state index in [1.54, 1.807) is 13.8 Å². The van der Waals surface area contributed by atoms with Crippen molar-refractivity contribution >= 4 is 11.6 Å². The van der Waals surface area contributed by atoms with Crippen molar-refractivity contribution in [3.05, 3.63) is 34.1 Å². The number of alkyl halides is 3. The van der Waals surface area contributed by atoms with Crippen molar-refractivity contribution < 1.29 is 17.6 Å². The van der Waals surface area contributed by atoms with E-state index in [2.05, 4.69) is 0 Å². The van der Waals surface area contributed by atoms with Gasteiger partial charge in [-0.2, -0.15) is 13.2 Å². The summed E-state index contributed by atoms with van der Waals surface area (Å²) < 4.78 is 52.2. The molecular weight excluding hydrogens is 270 g/mol. The lowest BCUT2D eigenvalue weighted by molar-refractivity contribution is -0.138. The standard InChI is InChI=1S/C12H14ClF4N/c1-6(2)5-9(18)10-7(12(15,16)17)3-4-8(13)11(10)14/h3-4,6,9H,5,18H2,1-2H3/t9-/m0/s1. The predicted molar refractivity (Wildman–Crippen MR) is 62.8 cm³/mol. The van der Waals surface area contributed by atoms with Crippen LogP contribution in [0, 0.1) is 11.7 Å². The molecule has 0 amide bonds. The Morgan fingerprint density at radius 1 is 1.28 bits per heavy atom. The maximum atomic E-state index is 13.8. The van der Waals surface area contributed by atoms with Crippen molar-refractivity contribution in [2.75, 3.05) is 0 Å². The van der Waals surface area contributed by atoms with E-state index in [0.29, 0.717) is 0 Å². The Kier molecular flexibility index (Phi) is 4.61. The Morgan fingerprint density at radius 2 is 1.83 bits per heavy atom. The number of nitrogens with two attached hydrogens (primary N) is 1. The van der Waals surface area contributed by atoms with Crippen molar-refractivity contribution in [1.29, 1.82) is 0 Å². The monoisotopic (exact) mass is 283 g/mol.